The van der Waals surface area contributed by atoms with E-state index in [2.05, 4.69) is 22.8 Å². The number of carbonyl (C=O) groups is 2. The van der Waals surface area contributed by atoms with E-state index in [0.717, 1.165) is 19.3 Å². The van der Waals surface area contributed by atoms with Crippen LogP contribution in [-0.2, 0) is 11.2 Å². The topological polar surface area (TPSA) is 78.4 Å². The molecule has 1 aromatic rings. The molecule has 0 spiro atoms. The molecule has 1 saturated carbocycles. The van der Waals surface area contributed by atoms with E-state index in [1.54, 1.807) is 6.92 Å². The fourth-order valence-corrected chi connectivity index (χ4v) is 3.03. The molecule has 0 aliphatic heterocycles. The molecule has 1 aromatic carbocycles. The quantitative estimate of drug-likeness (QED) is 0.774. The lowest BCUT2D eigenvalue weighted by Crippen LogP contribution is -2.57. The molecule has 3 N–H and O–H groups in total. The van der Waals surface area contributed by atoms with Crippen molar-refractivity contribution in [2.24, 2.45) is 5.92 Å². The minimum atomic E-state index is -1.15. The monoisotopic (exact) mass is 288 g/mol. The first-order valence-corrected chi connectivity index (χ1v) is 7.38. The van der Waals surface area contributed by atoms with Crippen LogP contribution in [0.1, 0.15) is 36.8 Å². The number of amides is 2. The molecule has 5 nitrogen and oxygen atoms in total. The van der Waals surface area contributed by atoms with Crippen molar-refractivity contribution in [3.8, 4) is 0 Å². The van der Waals surface area contributed by atoms with E-state index in [4.69, 9.17) is 0 Å². The Kier molecular flexibility index (Phi) is 3.35. The summed E-state index contributed by atoms with van der Waals surface area (Å²) in [5.41, 5.74) is 1.46. The number of benzene rings is 1. The molecule has 2 aliphatic rings. The zero-order valence-corrected chi connectivity index (χ0v) is 12.1. The molecular weight excluding hydrogens is 268 g/mol. The average Bonchev–Trinajstić information content (AvgIpc) is 3.24. The minimum Gasteiger partial charge on any atom is -0.480 e. The van der Waals surface area contributed by atoms with Crippen molar-refractivity contribution in [1.82, 2.24) is 10.6 Å². The molecule has 5 heteroatoms. The number of carboxylic acid groups (broad SMARTS) is 1. The zero-order valence-electron chi connectivity index (χ0n) is 12.1. The Morgan fingerprint density at radius 3 is 2.67 bits per heavy atom. The molecule has 1 fully saturated rings. The van der Waals surface area contributed by atoms with Gasteiger partial charge in [-0.15, -0.1) is 0 Å². The van der Waals surface area contributed by atoms with E-state index in [9.17, 15) is 14.7 Å². The largest absolute Gasteiger partial charge is 0.480 e. The summed E-state index contributed by atoms with van der Waals surface area (Å²) in [6, 6.07) is 7.80. The molecule has 2 atom stereocenters. The highest BCUT2D eigenvalue weighted by atomic mass is 16.4. The summed E-state index contributed by atoms with van der Waals surface area (Å²) in [7, 11) is 0. The summed E-state index contributed by atoms with van der Waals surface area (Å²) in [6.45, 7) is 2.13. The second kappa shape index (κ2) is 5.06. The van der Waals surface area contributed by atoms with Gasteiger partial charge in [0.1, 0.15) is 5.54 Å². The minimum absolute atomic E-state index is 0.0465. The van der Waals surface area contributed by atoms with Gasteiger partial charge in [0.2, 0.25) is 0 Å². The van der Waals surface area contributed by atoms with Crippen molar-refractivity contribution in [2.75, 3.05) is 6.54 Å². The lowest BCUT2D eigenvalue weighted by molar-refractivity contribution is -0.144. The molecule has 0 aromatic heterocycles. The van der Waals surface area contributed by atoms with Crippen LogP contribution in [0, 0.1) is 5.92 Å². The molecule has 2 unspecified atom stereocenters. The number of fused-ring (bicyclic) bond motifs is 1. The number of carboxylic acids is 1. The van der Waals surface area contributed by atoms with E-state index in [-0.39, 0.29) is 5.92 Å². The van der Waals surface area contributed by atoms with Crippen molar-refractivity contribution in [1.29, 1.82) is 0 Å². The van der Waals surface area contributed by atoms with Gasteiger partial charge in [-0.3, -0.25) is 0 Å². The fourth-order valence-electron chi connectivity index (χ4n) is 3.03. The first kappa shape index (κ1) is 13.9. The molecule has 0 bridgehead atoms. The van der Waals surface area contributed by atoms with E-state index < -0.39 is 17.5 Å². The number of hydrogen-bond donors (Lipinski definition) is 3. The van der Waals surface area contributed by atoms with Crippen molar-refractivity contribution >= 4 is 12.0 Å². The summed E-state index contributed by atoms with van der Waals surface area (Å²) in [5.74, 6) is -0.580. The normalized spacial score (nSPS) is 22.4. The highest BCUT2D eigenvalue weighted by Gasteiger charge is 2.48. The van der Waals surface area contributed by atoms with E-state index in [1.807, 2.05) is 12.1 Å². The van der Waals surface area contributed by atoms with Crippen LogP contribution in [0.25, 0.3) is 0 Å². The van der Waals surface area contributed by atoms with Crippen LogP contribution in [0.5, 0.6) is 0 Å². The third kappa shape index (κ3) is 2.60. The predicted molar refractivity (Wildman–Crippen MR) is 78.2 cm³/mol. The van der Waals surface area contributed by atoms with Gasteiger partial charge in [-0.2, -0.15) is 0 Å². The third-order valence-electron chi connectivity index (χ3n) is 4.68. The van der Waals surface area contributed by atoms with Crippen molar-refractivity contribution in [3.63, 3.8) is 0 Å². The van der Waals surface area contributed by atoms with Gasteiger partial charge in [-0.25, -0.2) is 9.59 Å². The number of aliphatic carboxylic acids is 1. The smallest absolute Gasteiger partial charge is 0.329 e. The first-order valence-electron chi connectivity index (χ1n) is 7.38. The molecule has 3 rings (SSSR count). The van der Waals surface area contributed by atoms with Gasteiger partial charge < -0.3 is 15.7 Å². The Bertz CT molecular complexity index is 583. The van der Waals surface area contributed by atoms with Crippen molar-refractivity contribution < 1.29 is 14.7 Å². The summed E-state index contributed by atoms with van der Waals surface area (Å²) in [4.78, 5) is 23.3. The van der Waals surface area contributed by atoms with E-state index in [1.165, 1.54) is 11.1 Å². The summed E-state index contributed by atoms with van der Waals surface area (Å²) < 4.78 is 0. The summed E-state index contributed by atoms with van der Waals surface area (Å²) >= 11 is 0. The van der Waals surface area contributed by atoms with Gasteiger partial charge in [0.25, 0.3) is 0 Å². The Balaban J connectivity index is 1.52. The number of urea groups is 1. The average molecular weight is 288 g/mol. The predicted octanol–water partition coefficient (Wildman–Crippen LogP) is 1.88. The zero-order chi connectivity index (χ0) is 15.0. The van der Waals surface area contributed by atoms with Gasteiger partial charge in [-0.1, -0.05) is 24.3 Å². The second-order valence-corrected chi connectivity index (χ2v) is 6.22. The number of nitrogens with one attached hydrogen (secondary N) is 2. The summed E-state index contributed by atoms with van der Waals surface area (Å²) in [6.07, 6.45) is 2.69. The van der Waals surface area contributed by atoms with Gasteiger partial charge in [0.05, 0.1) is 0 Å². The summed E-state index contributed by atoms with van der Waals surface area (Å²) in [5, 5.41) is 14.8. The molecule has 0 heterocycles. The number of hydrogen-bond acceptors (Lipinski definition) is 2. The van der Waals surface area contributed by atoms with Gasteiger partial charge >= 0.3 is 12.0 Å². The number of rotatable bonds is 5. The van der Waals surface area contributed by atoms with Crippen LogP contribution >= 0.6 is 0 Å². The molecule has 2 aliphatic carbocycles. The van der Waals surface area contributed by atoms with E-state index >= 15 is 0 Å². The lowest BCUT2D eigenvalue weighted by Gasteiger charge is -2.31. The fraction of sp³-hybridized carbons (Fsp3) is 0.500. The Morgan fingerprint density at radius 2 is 2.05 bits per heavy atom. The molecule has 0 radical (unpaired) electrons. The van der Waals surface area contributed by atoms with Gasteiger partial charge in [-0.05, 0) is 43.2 Å². The number of carbonyl (C=O) groups excluding carboxylic acids is 1. The molecular formula is C16H20N2O3. The van der Waals surface area contributed by atoms with Crippen LogP contribution < -0.4 is 10.6 Å². The molecule has 0 saturated heterocycles. The SMILES string of the molecule is CC(NC(=O)NCC1Cc2ccccc21)(C(=O)O)C1CC1. The first-order chi connectivity index (χ1) is 10.0. The Labute approximate surface area is 123 Å². The molecule has 21 heavy (non-hydrogen) atoms. The standard InChI is InChI=1S/C16H20N2O3/c1-16(14(19)20,12-6-7-12)18-15(21)17-9-11-8-10-4-2-3-5-13(10)11/h2-5,11-12H,6-9H2,1H3,(H,19,20)(H2,17,18,21). The van der Waals surface area contributed by atoms with E-state index in [0.29, 0.717) is 12.5 Å². The maximum absolute atomic E-state index is 12.0. The molecule has 2 amide bonds. The maximum atomic E-state index is 12.0. The van der Waals surface area contributed by atoms with Crippen LogP contribution in [0.3, 0.4) is 0 Å². The lowest BCUT2D eigenvalue weighted by atomic mass is 9.78. The van der Waals surface area contributed by atoms with Crippen LogP contribution in [0.2, 0.25) is 0 Å². The van der Waals surface area contributed by atoms with Crippen molar-refractivity contribution in [2.45, 2.75) is 37.6 Å². The Morgan fingerprint density at radius 1 is 1.33 bits per heavy atom. The van der Waals surface area contributed by atoms with Gasteiger partial charge in [0, 0.05) is 12.5 Å². The van der Waals surface area contributed by atoms with Gasteiger partial charge in [0.15, 0.2) is 0 Å². The second-order valence-electron chi connectivity index (χ2n) is 6.22. The highest BCUT2D eigenvalue weighted by molar-refractivity contribution is 5.86. The van der Waals surface area contributed by atoms with Crippen LogP contribution in [0.15, 0.2) is 24.3 Å². The Hall–Kier alpha value is -2.04. The van der Waals surface area contributed by atoms with Crippen molar-refractivity contribution in [3.05, 3.63) is 35.4 Å². The maximum Gasteiger partial charge on any atom is 0.329 e. The van der Waals surface area contributed by atoms with Crippen LogP contribution in [0.4, 0.5) is 4.79 Å². The highest BCUT2D eigenvalue weighted by Crippen LogP contribution is 2.39. The third-order valence-corrected chi connectivity index (χ3v) is 4.68. The van der Waals surface area contributed by atoms with Crippen LogP contribution in [-0.4, -0.2) is 29.2 Å². The molecule has 112 valence electrons.